The second kappa shape index (κ2) is 11.5. The summed E-state index contributed by atoms with van der Waals surface area (Å²) in [5.74, 6) is 0.427. The maximum Gasteiger partial charge on any atom is 0.248 e. The highest BCUT2D eigenvalue weighted by Gasteiger charge is 2.05. The van der Waals surface area contributed by atoms with E-state index >= 15 is 0 Å². The van der Waals surface area contributed by atoms with Crippen LogP contribution in [-0.4, -0.2) is 24.5 Å². The molecule has 0 aliphatic heterocycles. The molecule has 0 bridgehead atoms. The van der Waals surface area contributed by atoms with Crippen LogP contribution in [0.2, 0.25) is 0 Å². The van der Waals surface area contributed by atoms with Gasteiger partial charge in [0, 0.05) is 18.2 Å². The van der Waals surface area contributed by atoms with Crippen molar-refractivity contribution in [2.24, 2.45) is 10.7 Å². The number of carbonyl (C=O) groups excluding carboxylic acids is 1. The Bertz CT molecular complexity index is 511. The van der Waals surface area contributed by atoms with Crippen molar-refractivity contribution in [3.63, 3.8) is 0 Å². The fourth-order valence-corrected chi connectivity index (χ4v) is 2.45. The standard InChI is InChI=1S/C19H32N4O/c1-4-6-7-8-9-15(3)23-19(21-5-2)22-14-16-10-12-17(13-11-16)18(20)24/h10-13,15H,4-9,14H2,1-3H3,(H2,20,24)(H2,21,22,23). The third-order valence-corrected chi connectivity index (χ3v) is 3.88. The number of primary amides is 1. The topological polar surface area (TPSA) is 79.5 Å². The SMILES string of the molecule is CCCCCCC(C)NC(=NCc1ccc(C(N)=O)cc1)NCC. The second-order valence-corrected chi connectivity index (χ2v) is 6.15. The van der Waals surface area contributed by atoms with E-state index in [9.17, 15) is 4.79 Å². The number of nitrogens with one attached hydrogen (secondary N) is 2. The number of guanidine groups is 1. The molecule has 1 amide bonds. The Labute approximate surface area is 146 Å². The first-order valence-corrected chi connectivity index (χ1v) is 9.00. The van der Waals surface area contributed by atoms with Crippen molar-refractivity contribution < 1.29 is 4.79 Å². The number of nitrogens with two attached hydrogens (primary N) is 1. The van der Waals surface area contributed by atoms with Crippen LogP contribution < -0.4 is 16.4 Å². The van der Waals surface area contributed by atoms with Crippen molar-refractivity contribution >= 4 is 11.9 Å². The molecule has 0 saturated carbocycles. The minimum Gasteiger partial charge on any atom is -0.366 e. The van der Waals surface area contributed by atoms with Gasteiger partial charge in [0.25, 0.3) is 0 Å². The van der Waals surface area contributed by atoms with Crippen LogP contribution in [0.15, 0.2) is 29.3 Å². The molecule has 1 rings (SSSR count). The van der Waals surface area contributed by atoms with E-state index in [4.69, 9.17) is 5.73 Å². The molecule has 0 saturated heterocycles. The van der Waals surface area contributed by atoms with Gasteiger partial charge in [-0.2, -0.15) is 0 Å². The number of carbonyl (C=O) groups is 1. The van der Waals surface area contributed by atoms with E-state index in [1.165, 1.54) is 25.7 Å². The van der Waals surface area contributed by atoms with Gasteiger partial charge in [-0.15, -0.1) is 0 Å². The Morgan fingerprint density at radius 2 is 1.88 bits per heavy atom. The molecular formula is C19H32N4O. The zero-order valence-electron chi connectivity index (χ0n) is 15.3. The molecule has 0 radical (unpaired) electrons. The molecule has 134 valence electrons. The lowest BCUT2D eigenvalue weighted by Gasteiger charge is -2.17. The maximum atomic E-state index is 11.1. The summed E-state index contributed by atoms with van der Waals surface area (Å²) in [6, 6.07) is 7.66. The molecule has 0 fully saturated rings. The average molecular weight is 332 g/mol. The Morgan fingerprint density at radius 1 is 1.17 bits per heavy atom. The van der Waals surface area contributed by atoms with Crippen LogP contribution in [-0.2, 0) is 6.54 Å². The smallest absolute Gasteiger partial charge is 0.248 e. The molecule has 0 aromatic heterocycles. The first-order valence-electron chi connectivity index (χ1n) is 9.00. The molecule has 5 heteroatoms. The molecule has 1 aromatic carbocycles. The maximum absolute atomic E-state index is 11.1. The van der Waals surface area contributed by atoms with Crippen molar-refractivity contribution in [3.05, 3.63) is 35.4 Å². The first-order chi connectivity index (χ1) is 11.6. The summed E-state index contributed by atoms with van der Waals surface area (Å²) in [4.78, 5) is 15.7. The first kappa shape index (κ1) is 20.0. The van der Waals surface area contributed by atoms with Gasteiger partial charge < -0.3 is 16.4 Å². The zero-order valence-corrected chi connectivity index (χ0v) is 15.3. The fraction of sp³-hybridized carbons (Fsp3) is 0.579. The van der Waals surface area contributed by atoms with Crippen molar-refractivity contribution in [3.8, 4) is 0 Å². The van der Waals surface area contributed by atoms with E-state index in [1.807, 2.05) is 12.1 Å². The number of hydrogen-bond acceptors (Lipinski definition) is 2. The molecule has 0 heterocycles. The molecule has 4 N–H and O–H groups in total. The number of hydrogen-bond donors (Lipinski definition) is 3. The van der Waals surface area contributed by atoms with Crippen LogP contribution >= 0.6 is 0 Å². The summed E-state index contributed by atoms with van der Waals surface area (Å²) >= 11 is 0. The molecule has 1 unspecified atom stereocenters. The van der Waals surface area contributed by atoms with E-state index < -0.39 is 5.91 Å². The monoisotopic (exact) mass is 332 g/mol. The van der Waals surface area contributed by atoms with Gasteiger partial charge in [0.15, 0.2) is 5.96 Å². The zero-order chi connectivity index (χ0) is 17.8. The summed E-state index contributed by atoms with van der Waals surface area (Å²) in [7, 11) is 0. The van der Waals surface area contributed by atoms with Crippen molar-refractivity contribution in [2.45, 2.75) is 65.5 Å². The van der Waals surface area contributed by atoms with E-state index in [-0.39, 0.29) is 0 Å². The van der Waals surface area contributed by atoms with Gasteiger partial charge in [0.2, 0.25) is 5.91 Å². The van der Waals surface area contributed by atoms with Crippen LogP contribution in [0.4, 0.5) is 0 Å². The highest BCUT2D eigenvalue weighted by Crippen LogP contribution is 2.07. The number of aliphatic imine (C=N–C) groups is 1. The molecule has 1 aromatic rings. The number of unbranched alkanes of at least 4 members (excludes halogenated alkanes) is 3. The normalized spacial score (nSPS) is 12.7. The number of benzene rings is 1. The third-order valence-electron chi connectivity index (χ3n) is 3.88. The molecule has 0 spiro atoms. The highest BCUT2D eigenvalue weighted by atomic mass is 16.1. The summed E-state index contributed by atoms with van der Waals surface area (Å²) in [6.07, 6.45) is 6.26. The lowest BCUT2D eigenvalue weighted by Crippen LogP contribution is -2.42. The second-order valence-electron chi connectivity index (χ2n) is 6.15. The van der Waals surface area contributed by atoms with Gasteiger partial charge in [-0.1, -0.05) is 44.7 Å². The van der Waals surface area contributed by atoms with Gasteiger partial charge in [-0.05, 0) is 38.0 Å². The largest absolute Gasteiger partial charge is 0.366 e. The molecule has 5 nitrogen and oxygen atoms in total. The van der Waals surface area contributed by atoms with Crippen LogP contribution in [0.5, 0.6) is 0 Å². The van der Waals surface area contributed by atoms with Crippen LogP contribution in [0.1, 0.15) is 68.8 Å². The summed E-state index contributed by atoms with van der Waals surface area (Å²) in [5.41, 5.74) is 6.82. The van der Waals surface area contributed by atoms with E-state index in [2.05, 4.69) is 36.4 Å². The van der Waals surface area contributed by atoms with E-state index in [0.717, 1.165) is 24.5 Å². The lowest BCUT2D eigenvalue weighted by molar-refractivity contribution is 0.100. The predicted molar refractivity (Wildman–Crippen MR) is 101 cm³/mol. The van der Waals surface area contributed by atoms with Crippen molar-refractivity contribution in [1.82, 2.24) is 10.6 Å². The quantitative estimate of drug-likeness (QED) is 0.350. The third kappa shape index (κ3) is 7.99. The average Bonchev–Trinajstić information content (AvgIpc) is 2.57. The van der Waals surface area contributed by atoms with E-state index in [1.54, 1.807) is 12.1 Å². The summed E-state index contributed by atoms with van der Waals surface area (Å²) < 4.78 is 0. The summed E-state index contributed by atoms with van der Waals surface area (Å²) in [6.45, 7) is 7.88. The van der Waals surface area contributed by atoms with Crippen molar-refractivity contribution in [2.75, 3.05) is 6.54 Å². The van der Waals surface area contributed by atoms with Gasteiger partial charge in [-0.3, -0.25) is 4.79 Å². The molecule has 24 heavy (non-hydrogen) atoms. The minimum atomic E-state index is -0.406. The Balaban J connectivity index is 2.53. The Morgan fingerprint density at radius 3 is 2.46 bits per heavy atom. The van der Waals surface area contributed by atoms with Crippen molar-refractivity contribution in [1.29, 1.82) is 0 Å². The number of rotatable bonds is 10. The minimum absolute atomic E-state index is 0.400. The highest BCUT2D eigenvalue weighted by molar-refractivity contribution is 5.92. The lowest BCUT2D eigenvalue weighted by atomic mass is 10.1. The van der Waals surface area contributed by atoms with Crippen LogP contribution in [0.25, 0.3) is 0 Å². The molecular weight excluding hydrogens is 300 g/mol. The molecule has 1 atom stereocenters. The number of amides is 1. The number of nitrogens with zero attached hydrogens (tertiary/aromatic N) is 1. The van der Waals surface area contributed by atoms with Crippen LogP contribution in [0.3, 0.4) is 0 Å². The predicted octanol–water partition coefficient (Wildman–Crippen LogP) is 3.20. The molecule has 0 aliphatic carbocycles. The van der Waals surface area contributed by atoms with Crippen LogP contribution in [0, 0.1) is 0 Å². The van der Waals surface area contributed by atoms with Gasteiger partial charge in [0.05, 0.1) is 6.54 Å². The van der Waals surface area contributed by atoms with E-state index in [0.29, 0.717) is 18.2 Å². The Hall–Kier alpha value is -2.04. The molecule has 0 aliphatic rings. The van der Waals surface area contributed by atoms with Gasteiger partial charge >= 0.3 is 0 Å². The van der Waals surface area contributed by atoms with Gasteiger partial charge in [-0.25, -0.2) is 4.99 Å². The summed E-state index contributed by atoms with van der Waals surface area (Å²) in [5, 5.41) is 6.74. The van der Waals surface area contributed by atoms with Gasteiger partial charge in [0.1, 0.15) is 0 Å². The fourth-order valence-electron chi connectivity index (χ4n) is 2.45. The Kier molecular flexibility index (Phi) is 9.58.